The highest BCUT2D eigenvalue weighted by Crippen LogP contribution is 2.19. The Morgan fingerprint density at radius 3 is 2.91 bits per heavy atom. The summed E-state index contributed by atoms with van der Waals surface area (Å²) in [6.07, 6.45) is 0. The van der Waals surface area contributed by atoms with Gasteiger partial charge in [-0.3, -0.25) is 14.1 Å². The second-order valence-electron chi connectivity index (χ2n) is 4.95. The molecule has 2 rings (SSSR count). The number of aromatic amines is 1. The summed E-state index contributed by atoms with van der Waals surface area (Å²) >= 11 is 5.90. The average molecular weight is 356 g/mol. The molecule has 1 aromatic heterocycles. The van der Waals surface area contributed by atoms with E-state index in [0.717, 1.165) is 5.56 Å². The van der Waals surface area contributed by atoms with Crippen molar-refractivity contribution in [1.82, 2.24) is 10.2 Å². The monoisotopic (exact) mass is 355 g/mol. The Morgan fingerprint density at radius 1 is 1.48 bits per heavy atom. The van der Waals surface area contributed by atoms with E-state index in [2.05, 4.69) is 15.5 Å². The highest BCUT2D eigenvalue weighted by molar-refractivity contribution is 7.84. The number of methoxy groups -OCH3 is 1. The van der Waals surface area contributed by atoms with Crippen LogP contribution in [0.4, 0.5) is 5.69 Å². The zero-order valence-electron chi connectivity index (χ0n) is 12.9. The standard InChI is InChI=1S/C15H18ClN3O3S/c1-10-13(14(16)19-18-10)15(20)17-12-5-3-4-11(8-12)9-23(21)7-6-22-2/h3-5,8H,6-7,9H2,1-2H3,(H,17,20)(H,18,19). The number of nitrogens with one attached hydrogen (secondary N) is 2. The van der Waals surface area contributed by atoms with Crippen molar-refractivity contribution in [1.29, 1.82) is 0 Å². The quantitative estimate of drug-likeness (QED) is 0.799. The smallest absolute Gasteiger partial charge is 0.260 e. The number of ether oxygens (including phenoxy) is 1. The van der Waals surface area contributed by atoms with Gasteiger partial charge in [-0.25, -0.2) is 0 Å². The molecule has 0 aliphatic rings. The van der Waals surface area contributed by atoms with E-state index in [1.165, 1.54) is 0 Å². The zero-order chi connectivity index (χ0) is 16.8. The van der Waals surface area contributed by atoms with E-state index >= 15 is 0 Å². The number of carbonyl (C=O) groups is 1. The van der Waals surface area contributed by atoms with Crippen LogP contribution in [0.5, 0.6) is 0 Å². The molecule has 23 heavy (non-hydrogen) atoms. The molecule has 0 saturated heterocycles. The number of hydrogen-bond donors (Lipinski definition) is 2. The summed E-state index contributed by atoms with van der Waals surface area (Å²) in [7, 11) is 0.577. The average Bonchev–Trinajstić information content (AvgIpc) is 2.84. The molecule has 1 aromatic carbocycles. The van der Waals surface area contributed by atoms with Gasteiger partial charge in [-0.05, 0) is 24.6 Å². The van der Waals surface area contributed by atoms with Gasteiger partial charge >= 0.3 is 0 Å². The Kier molecular flexibility index (Phi) is 6.32. The highest BCUT2D eigenvalue weighted by Gasteiger charge is 2.17. The van der Waals surface area contributed by atoms with Crippen molar-refractivity contribution < 1.29 is 13.7 Å². The Hall–Kier alpha value is -1.70. The molecule has 1 unspecified atom stereocenters. The number of rotatable bonds is 7. The van der Waals surface area contributed by atoms with Crippen molar-refractivity contribution in [3.05, 3.63) is 46.2 Å². The predicted octanol–water partition coefficient (Wildman–Crippen LogP) is 2.52. The molecule has 1 heterocycles. The molecule has 0 fully saturated rings. The molecule has 0 spiro atoms. The summed E-state index contributed by atoms with van der Waals surface area (Å²) in [5, 5.41) is 9.37. The Balaban J connectivity index is 2.05. The molecule has 1 amide bonds. The van der Waals surface area contributed by atoms with Crippen molar-refractivity contribution >= 4 is 34.0 Å². The molecule has 2 N–H and O–H groups in total. The Bertz CT molecular complexity index is 698. The minimum Gasteiger partial charge on any atom is -0.384 e. The third-order valence-electron chi connectivity index (χ3n) is 3.16. The van der Waals surface area contributed by atoms with Crippen LogP contribution >= 0.6 is 11.6 Å². The first-order valence-corrected chi connectivity index (χ1v) is 8.82. The first-order chi connectivity index (χ1) is 11.0. The predicted molar refractivity (Wildman–Crippen MR) is 91.3 cm³/mol. The molecule has 0 radical (unpaired) electrons. The Labute approximate surface area is 142 Å². The van der Waals surface area contributed by atoms with E-state index in [1.807, 2.05) is 12.1 Å². The number of benzene rings is 1. The molecule has 0 saturated carbocycles. The van der Waals surface area contributed by atoms with E-state index in [4.69, 9.17) is 16.3 Å². The van der Waals surface area contributed by atoms with Crippen LogP contribution in [0, 0.1) is 6.92 Å². The summed E-state index contributed by atoms with van der Waals surface area (Å²) in [5.74, 6) is 0.564. The molecule has 124 valence electrons. The van der Waals surface area contributed by atoms with Crippen molar-refractivity contribution in [2.45, 2.75) is 12.7 Å². The van der Waals surface area contributed by atoms with Gasteiger partial charge in [0.05, 0.1) is 12.2 Å². The zero-order valence-corrected chi connectivity index (χ0v) is 14.5. The molecule has 0 aliphatic carbocycles. The number of hydrogen-bond acceptors (Lipinski definition) is 4. The number of halogens is 1. The van der Waals surface area contributed by atoms with Gasteiger partial charge in [0.15, 0.2) is 5.15 Å². The fourth-order valence-corrected chi connectivity index (χ4v) is 3.35. The highest BCUT2D eigenvalue weighted by atomic mass is 35.5. The van der Waals surface area contributed by atoms with E-state index in [1.54, 1.807) is 26.2 Å². The maximum absolute atomic E-state index is 12.3. The normalized spacial score (nSPS) is 12.1. The number of aromatic nitrogens is 2. The first kappa shape index (κ1) is 17.7. The molecular formula is C15H18ClN3O3S. The minimum absolute atomic E-state index is 0.136. The van der Waals surface area contributed by atoms with Crippen molar-refractivity contribution in [3.8, 4) is 0 Å². The largest absolute Gasteiger partial charge is 0.384 e. The second kappa shape index (κ2) is 8.24. The second-order valence-corrected chi connectivity index (χ2v) is 6.88. The Morgan fingerprint density at radius 2 is 2.26 bits per heavy atom. The lowest BCUT2D eigenvalue weighted by molar-refractivity contribution is 0.102. The van der Waals surface area contributed by atoms with E-state index in [0.29, 0.717) is 35.1 Å². The third-order valence-corrected chi connectivity index (χ3v) is 4.71. The summed E-state index contributed by atoms with van der Waals surface area (Å²) < 4.78 is 16.8. The van der Waals surface area contributed by atoms with Crippen LogP contribution in [-0.2, 0) is 21.3 Å². The number of aryl methyl sites for hydroxylation is 1. The first-order valence-electron chi connectivity index (χ1n) is 6.96. The molecule has 8 heteroatoms. The van der Waals surface area contributed by atoms with Crippen molar-refractivity contribution in [2.24, 2.45) is 0 Å². The van der Waals surface area contributed by atoms with Gasteiger partial charge in [0.1, 0.15) is 0 Å². The van der Waals surface area contributed by atoms with Gasteiger partial charge in [0.25, 0.3) is 5.91 Å². The van der Waals surface area contributed by atoms with Crippen LogP contribution in [0.25, 0.3) is 0 Å². The number of nitrogens with zero attached hydrogens (tertiary/aromatic N) is 1. The van der Waals surface area contributed by atoms with E-state index in [9.17, 15) is 9.00 Å². The van der Waals surface area contributed by atoms with Crippen LogP contribution in [0.1, 0.15) is 21.6 Å². The van der Waals surface area contributed by atoms with E-state index in [-0.39, 0.29) is 11.1 Å². The number of carbonyl (C=O) groups excluding carboxylic acids is 1. The SMILES string of the molecule is COCCS(=O)Cc1cccc(NC(=O)c2c(Cl)n[nH]c2C)c1. The van der Waals surface area contributed by atoms with Gasteiger partial charge in [0.2, 0.25) is 0 Å². The van der Waals surface area contributed by atoms with Gasteiger partial charge in [0, 0.05) is 40.8 Å². The summed E-state index contributed by atoms with van der Waals surface area (Å²) in [5.41, 5.74) is 2.42. The lowest BCUT2D eigenvalue weighted by atomic mass is 10.2. The fourth-order valence-electron chi connectivity index (χ4n) is 2.03. The molecule has 6 nitrogen and oxygen atoms in total. The lowest BCUT2D eigenvalue weighted by Crippen LogP contribution is -2.13. The van der Waals surface area contributed by atoms with Gasteiger partial charge < -0.3 is 10.1 Å². The van der Waals surface area contributed by atoms with Crippen LogP contribution < -0.4 is 5.32 Å². The van der Waals surface area contributed by atoms with E-state index < -0.39 is 10.8 Å². The summed E-state index contributed by atoms with van der Waals surface area (Å²) in [6.45, 7) is 2.18. The van der Waals surface area contributed by atoms with Gasteiger partial charge in [-0.1, -0.05) is 23.7 Å². The topological polar surface area (TPSA) is 84.1 Å². The molecule has 0 bridgehead atoms. The van der Waals surface area contributed by atoms with Crippen LogP contribution in [0.3, 0.4) is 0 Å². The third kappa shape index (κ3) is 4.89. The maximum atomic E-state index is 12.3. The molecule has 2 aromatic rings. The molecule has 0 aliphatic heterocycles. The van der Waals surface area contributed by atoms with Gasteiger partial charge in [-0.2, -0.15) is 5.10 Å². The fraction of sp³-hybridized carbons (Fsp3) is 0.333. The van der Waals surface area contributed by atoms with Crippen LogP contribution in [-0.4, -0.2) is 39.8 Å². The maximum Gasteiger partial charge on any atom is 0.260 e. The number of anilines is 1. The van der Waals surface area contributed by atoms with Gasteiger partial charge in [-0.15, -0.1) is 0 Å². The van der Waals surface area contributed by atoms with Crippen LogP contribution in [0.2, 0.25) is 5.15 Å². The number of H-pyrrole nitrogens is 1. The molecular weight excluding hydrogens is 338 g/mol. The summed E-state index contributed by atoms with van der Waals surface area (Å²) in [6, 6.07) is 7.24. The van der Waals surface area contributed by atoms with Crippen molar-refractivity contribution in [2.75, 3.05) is 24.8 Å². The lowest BCUT2D eigenvalue weighted by Gasteiger charge is -2.07. The summed E-state index contributed by atoms with van der Waals surface area (Å²) in [4.78, 5) is 12.3. The molecule has 1 atom stereocenters. The van der Waals surface area contributed by atoms with Crippen LogP contribution in [0.15, 0.2) is 24.3 Å². The minimum atomic E-state index is -1.00. The number of amides is 1. The van der Waals surface area contributed by atoms with Crippen molar-refractivity contribution in [3.63, 3.8) is 0 Å².